The van der Waals surface area contributed by atoms with E-state index < -0.39 is 6.04 Å². The average molecular weight is 427 g/mol. The molecule has 4 aliphatic heterocycles. The second kappa shape index (κ2) is 8.33. The molecule has 3 fully saturated rings. The number of nitrogens with zero attached hydrogens (tertiary/aromatic N) is 1. The molecule has 0 aliphatic carbocycles. The third-order valence-corrected chi connectivity index (χ3v) is 7.29. The largest absolute Gasteiger partial charge is 0.373 e. The molecule has 4 heterocycles. The third-order valence-electron chi connectivity index (χ3n) is 7.29. The Morgan fingerprint density at radius 2 is 2.00 bits per heavy atom. The molecule has 1 aromatic rings. The first kappa shape index (κ1) is 20.6. The summed E-state index contributed by atoms with van der Waals surface area (Å²) in [5.41, 5.74) is 2.50. The molecule has 3 N–H and O–H groups in total. The highest BCUT2D eigenvalue weighted by Crippen LogP contribution is 2.34. The Labute approximate surface area is 182 Å². The van der Waals surface area contributed by atoms with Crippen molar-refractivity contribution in [3.63, 3.8) is 0 Å². The van der Waals surface area contributed by atoms with Crippen molar-refractivity contribution in [3.8, 4) is 0 Å². The van der Waals surface area contributed by atoms with Crippen LogP contribution in [0.2, 0.25) is 0 Å². The van der Waals surface area contributed by atoms with Crippen molar-refractivity contribution < 1.29 is 19.1 Å². The fourth-order valence-electron chi connectivity index (χ4n) is 5.63. The van der Waals surface area contributed by atoms with Gasteiger partial charge in [-0.25, -0.2) is 0 Å². The van der Waals surface area contributed by atoms with Gasteiger partial charge in [-0.3, -0.25) is 19.7 Å². The smallest absolute Gasteiger partial charge is 0.255 e. The van der Waals surface area contributed by atoms with Crippen molar-refractivity contribution in [1.29, 1.82) is 0 Å². The molecular weight excluding hydrogens is 396 g/mol. The van der Waals surface area contributed by atoms with Crippen molar-refractivity contribution in [3.05, 3.63) is 34.9 Å². The van der Waals surface area contributed by atoms with E-state index in [2.05, 4.69) is 16.0 Å². The maximum absolute atomic E-state index is 13.3. The Kier molecular flexibility index (Phi) is 5.54. The number of nitrogens with one attached hydrogen (secondary N) is 3. The van der Waals surface area contributed by atoms with Gasteiger partial charge < -0.3 is 20.3 Å². The van der Waals surface area contributed by atoms with E-state index in [0.717, 1.165) is 56.5 Å². The number of hydrogen-bond acceptors (Lipinski definition) is 6. The standard InChI is InChI=1S/C23H30N4O4/c28-19-7-6-17(21(29)26-19)27-14-16-4-1-3-15(20(16)22(27)30)13-25-18-5-2-12-31-23(18)8-10-24-11-9-23/h1,3-4,17-18,24-25H,2,5-14H2,(H,26,28,29). The number of ether oxygens (including phenoxy) is 1. The highest BCUT2D eigenvalue weighted by atomic mass is 16.5. The number of imide groups is 1. The number of carbonyl (C=O) groups is 3. The molecule has 8 heteroatoms. The van der Waals surface area contributed by atoms with Gasteiger partial charge >= 0.3 is 0 Å². The number of hydrogen-bond donors (Lipinski definition) is 3. The molecule has 0 bridgehead atoms. The topological polar surface area (TPSA) is 99.8 Å². The number of rotatable bonds is 4. The van der Waals surface area contributed by atoms with Crippen LogP contribution in [-0.2, 0) is 27.4 Å². The minimum atomic E-state index is -0.580. The maximum Gasteiger partial charge on any atom is 0.255 e. The molecule has 166 valence electrons. The van der Waals surface area contributed by atoms with Crippen LogP contribution in [0.3, 0.4) is 0 Å². The minimum Gasteiger partial charge on any atom is -0.373 e. The third kappa shape index (κ3) is 3.77. The SMILES string of the molecule is O=C1CCC(N2Cc3cccc(CNC4CCCOC45CCNCC5)c3C2=O)C(=O)N1. The lowest BCUT2D eigenvalue weighted by atomic mass is 9.80. The average Bonchev–Trinajstić information content (AvgIpc) is 3.11. The number of benzene rings is 1. The van der Waals surface area contributed by atoms with Crippen LogP contribution in [0, 0.1) is 0 Å². The van der Waals surface area contributed by atoms with Crippen LogP contribution in [0.5, 0.6) is 0 Å². The zero-order chi connectivity index (χ0) is 21.4. The van der Waals surface area contributed by atoms with Gasteiger partial charge in [-0.1, -0.05) is 18.2 Å². The van der Waals surface area contributed by atoms with Crippen LogP contribution in [0.25, 0.3) is 0 Å². The fraction of sp³-hybridized carbons (Fsp3) is 0.609. The van der Waals surface area contributed by atoms with Crippen LogP contribution in [0.1, 0.15) is 60.0 Å². The first-order chi connectivity index (χ1) is 15.1. The quantitative estimate of drug-likeness (QED) is 0.617. The summed E-state index contributed by atoms with van der Waals surface area (Å²) in [5.74, 6) is -0.750. The zero-order valence-corrected chi connectivity index (χ0v) is 17.7. The summed E-state index contributed by atoms with van der Waals surface area (Å²) < 4.78 is 6.29. The molecule has 1 spiro atoms. The van der Waals surface area contributed by atoms with E-state index in [-0.39, 0.29) is 35.8 Å². The van der Waals surface area contributed by atoms with Gasteiger partial charge in [0.05, 0.1) is 5.60 Å². The van der Waals surface area contributed by atoms with E-state index in [1.807, 2.05) is 18.2 Å². The van der Waals surface area contributed by atoms with Crippen LogP contribution >= 0.6 is 0 Å². The van der Waals surface area contributed by atoms with E-state index in [1.54, 1.807) is 4.90 Å². The van der Waals surface area contributed by atoms with Gasteiger partial charge in [0.2, 0.25) is 11.8 Å². The van der Waals surface area contributed by atoms with E-state index in [0.29, 0.717) is 25.1 Å². The molecule has 3 amide bonds. The normalized spacial score (nSPS) is 28.0. The maximum atomic E-state index is 13.3. The van der Waals surface area contributed by atoms with Crippen molar-refractivity contribution >= 4 is 17.7 Å². The van der Waals surface area contributed by atoms with Gasteiger partial charge in [0.15, 0.2) is 0 Å². The first-order valence-electron chi connectivity index (χ1n) is 11.4. The molecule has 0 aromatic heterocycles. The number of amides is 3. The molecule has 0 radical (unpaired) electrons. The Bertz CT molecular complexity index is 887. The summed E-state index contributed by atoms with van der Waals surface area (Å²) in [6.45, 7) is 3.77. The Morgan fingerprint density at radius 1 is 1.16 bits per heavy atom. The van der Waals surface area contributed by atoms with E-state index >= 15 is 0 Å². The lowest BCUT2D eigenvalue weighted by Crippen LogP contribution is -2.59. The summed E-state index contributed by atoms with van der Waals surface area (Å²) >= 11 is 0. The molecule has 0 saturated carbocycles. The Morgan fingerprint density at radius 3 is 2.81 bits per heavy atom. The highest BCUT2D eigenvalue weighted by molar-refractivity contribution is 6.05. The summed E-state index contributed by atoms with van der Waals surface area (Å²) in [6.07, 6.45) is 4.77. The van der Waals surface area contributed by atoms with Gasteiger partial charge in [0.1, 0.15) is 6.04 Å². The number of carbonyl (C=O) groups excluding carboxylic acids is 3. The van der Waals surface area contributed by atoms with Crippen LogP contribution in [0.15, 0.2) is 18.2 Å². The van der Waals surface area contributed by atoms with Crippen LogP contribution < -0.4 is 16.0 Å². The molecular formula is C23H30N4O4. The predicted octanol–water partition coefficient (Wildman–Crippen LogP) is 0.838. The lowest BCUT2D eigenvalue weighted by Gasteiger charge is -2.47. The monoisotopic (exact) mass is 426 g/mol. The van der Waals surface area contributed by atoms with E-state index in [1.165, 1.54) is 0 Å². The zero-order valence-electron chi connectivity index (χ0n) is 17.7. The van der Waals surface area contributed by atoms with E-state index in [9.17, 15) is 14.4 Å². The summed E-state index contributed by atoms with van der Waals surface area (Å²) in [4.78, 5) is 38.7. The minimum absolute atomic E-state index is 0.113. The van der Waals surface area contributed by atoms with Gasteiger partial charge in [-0.15, -0.1) is 0 Å². The van der Waals surface area contributed by atoms with Crippen molar-refractivity contribution in [2.75, 3.05) is 19.7 Å². The van der Waals surface area contributed by atoms with Crippen molar-refractivity contribution in [2.24, 2.45) is 0 Å². The molecule has 2 atom stereocenters. The second-order valence-electron chi connectivity index (χ2n) is 9.09. The van der Waals surface area contributed by atoms with E-state index in [4.69, 9.17) is 4.74 Å². The van der Waals surface area contributed by atoms with Crippen molar-refractivity contribution in [1.82, 2.24) is 20.9 Å². The fourth-order valence-corrected chi connectivity index (χ4v) is 5.63. The molecule has 5 rings (SSSR count). The lowest BCUT2D eigenvalue weighted by molar-refractivity contribution is -0.136. The Hall–Kier alpha value is -2.29. The second-order valence-corrected chi connectivity index (χ2v) is 9.09. The number of fused-ring (bicyclic) bond motifs is 1. The predicted molar refractivity (Wildman–Crippen MR) is 113 cm³/mol. The van der Waals surface area contributed by atoms with Crippen LogP contribution in [-0.4, -0.2) is 60.0 Å². The molecule has 3 saturated heterocycles. The highest BCUT2D eigenvalue weighted by Gasteiger charge is 2.43. The van der Waals surface area contributed by atoms with Gasteiger partial charge in [-0.2, -0.15) is 0 Å². The molecule has 1 aromatic carbocycles. The Balaban J connectivity index is 1.32. The summed E-state index contributed by atoms with van der Waals surface area (Å²) in [5, 5.41) is 9.50. The molecule has 8 nitrogen and oxygen atoms in total. The molecule has 2 unspecified atom stereocenters. The van der Waals surface area contributed by atoms with Crippen LogP contribution in [0.4, 0.5) is 0 Å². The van der Waals surface area contributed by atoms with Gasteiger partial charge in [-0.05, 0) is 56.3 Å². The molecule has 31 heavy (non-hydrogen) atoms. The number of piperidine rings is 2. The van der Waals surface area contributed by atoms with Crippen molar-refractivity contribution in [2.45, 2.75) is 69.3 Å². The molecule has 4 aliphatic rings. The van der Waals surface area contributed by atoms with Gasteiger partial charge in [0.25, 0.3) is 5.91 Å². The summed E-state index contributed by atoms with van der Waals surface area (Å²) in [7, 11) is 0. The first-order valence-corrected chi connectivity index (χ1v) is 11.4. The summed E-state index contributed by atoms with van der Waals surface area (Å²) in [6, 6.07) is 5.62. The van der Waals surface area contributed by atoms with Gasteiger partial charge in [0, 0.05) is 37.7 Å².